The van der Waals surface area contributed by atoms with Crippen LogP contribution in [-0.2, 0) is 9.53 Å². The van der Waals surface area contributed by atoms with Crippen molar-refractivity contribution in [3.8, 4) is 0 Å². The Morgan fingerprint density at radius 2 is 2.04 bits per heavy atom. The number of carbonyl (C=O) groups excluding carboxylic acids is 1. The van der Waals surface area contributed by atoms with E-state index < -0.39 is 0 Å². The molecule has 0 N–H and O–H groups in total. The van der Waals surface area contributed by atoms with Gasteiger partial charge in [0.1, 0.15) is 6.10 Å². The quantitative estimate of drug-likeness (QED) is 0.838. The van der Waals surface area contributed by atoms with Gasteiger partial charge in [-0.15, -0.1) is 0 Å². The molecule has 0 radical (unpaired) electrons. The summed E-state index contributed by atoms with van der Waals surface area (Å²) in [4.78, 5) is 26.2. The second-order valence-corrected chi connectivity index (χ2v) is 7.96. The molecule has 4 aliphatic rings. The van der Waals surface area contributed by atoms with Crippen LogP contribution in [0.5, 0.6) is 0 Å². The Morgan fingerprint density at radius 3 is 2.84 bits per heavy atom. The Hall–Kier alpha value is -1.69. The Bertz CT molecular complexity index is 657. The van der Waals surface area contributed by atoms with Crippen LogP contribution in [0.25, 0.3) is 0 Å². The fraction of sp³-hybridized carbons (Fsp3) is 0.737. The molecule has 5 rings (SSSR count). The van der Waals surface area contributed by atoms with Crippen LogP contribution >= 0.6 is 0 Å². The predicted octanol–water partition coefficient (Wildman–Crippen LogP) is 2.02. The van der Waals surface area contributed by atoms with E-state index in [0.717, 1.165) is 37.1 Å². The molecule has 0 aromatic carbocycles. The van der Waals surface area contributed by atoms with Crippen molar-refractivity contribution in [3.63, 3.8) is 0 Å². The van der Waals surface area contributed by atoms with Gasteiger partial charge in [0.2, 0.25) is 11.9 Å². The first-order valence-corrected chi connectivity index (χ1v) is 9.78. The van der Waals surface area contributed by atoms with Gasteiger partial charge in [0, 0.05) is 31.7 Å². The van der Waals surface area contributed by atoms with Gasteiger partial charge in [0.25, 0.3) is 0 Å². The fourth-order valence-electron chi connectivity index (χ4n) is 4.42. The number of aromatic nitrogens is 2. The minimum Gasteiger partial charge on any atom is -0.368 e. The van der Waals surface area contributed by atoms with E-state index in [2.05, 4.69) is 9.88 Å². The molecular formula is C19H26N4O2. The van der Waals surface area contributed by atoms with Gasteiger partial charge in [-0.2, -0.15) is 0 Å². The molecular weight excluding hydrogens is 316 g/mol. The van der Waals surface area contributed by atoms with E-state index >= 15 is 0 Å². The number of hydrogen-bond donors (Lipinski definition) is 0. The molecule has 2 aliphatic carbocycles. The van der Waals surface area contributed by atoms with E-state index in [-0.39, 0.29) is 12.0 Å². The van der Waals surface area contributed by atoms with E-state index in [1.54, 1.807) is 0 Å². The summed E-state index contributed by atoms with van der Waals surface area (Å²) in [5, 5.41) is 0. The van der Waals surface area contributed by atoms with E-state index in [1.165, 1.54) is 25.7 Å². The van der Waals surface area contributed by atoms with Crippen molar-refractivity contribution < 1.29 is 9.53 Å². The maximum atomic E-state index is 12.8. The molecule has 3 heterocycles. The maximum Gasteiger partial charge on any atom is 0.226 e. The number of carbonyl (C=O) groups is 1. The van der Waals surface area contributed by atoms with Gasteiger partial charge in [-0.3, -0.25) is 4.79 Å². The summed E-state index contributed by atoms with van der Waals surface area (Å²) in [6.07, 6.45) is 7.89. The van der Waals surface area contributed by atoms with Gasteiger partial charge < -0.3 is 14.5 Å². The smallest absolute Gasteiger partial charge is 0.226 e. The van der Waals surface area contributed by atoms with Crippen LogP contribution in [0.1, 0.15) is 43.9 Å². The van der Waals surface area contributed by atoms with Gasteiger partial charge in [0.15, 0.2) is 0 Å². The molecule has 2 aliphatic heterocycles. The maximum absolute atomic E-state index is 12.8. The molecule has 1 aromatic rings. The first-order valence-electron chi connectivity index (χ1n) is 9.78. The molecule has 0 bridgehead atoms. The zero-order valence-electron chi connectivity index (χ0n) is 14.6. The SMILES string of the molecule is O=C([C@@H]1C[C@@H]1C1CC1)N1CCO[C@H](c2ccnc(N3CCCC3)n2)C1. The van der Waals surface area contributed by atoms with Gasteiger partial charge in [0.05, 0.1) is 18.8 Å². The molecule has 4 fully saturated rings. The van der Waals surface area contributed by atoms with Crippen molar-refractivity contribution in [1.29, 1.82) is 0 Å². The number of hydrogen-bond acceptors (Lipinski definition) is 5. The number of amides is 1. The second kappa shape index (κ2) is 6.24. The molecule has 134 valence electrons. The van der Waals surface area contributed by atoms with Crippen molar-refractivity contribution in [2.24, 2.45) is 17.8 Å². The van der Waals surface area contributed by atoms with Crippen LogP contribution in [0, 0.1) is 17.8 Å². The zero-order chi connectivity index (χ0) is 16.8. The van der Waals surface area contributed by atoms with Gasteiger partial charge in [-0.1, -0.05) is 0 Å². The van der Waals surface area contributed by atoms with Crippen LogP contribution in [0.2, 0.25) is 0 Å². The normalized spacial score (nSPS) is 32.1. The highest BCUT2D eigenvalue weighted by Gasteiger charge is 2.52. The lowest BCUT2D eigenvalue weighted by Crippen LogP contribution is -2.43. The first kappa shape index (κ1) is 15.6. The van der Waals surface area contributed by atoms with Crippen LogP contribution in [0.4, 0.5) is 5.95 Å². The van der Waals surface area contributed by atoms with E-state index in [4.69, 9.17) is 9.72 Å². The molecule has 25 heavy (non-hydrogen) atoms. The summed E-state index contributed by atoms with van der Waals surface area (Å²) >= 11 is 0. The molecule has 2 saturated carbocycles. The van der Waals surface area contributed by atoms with E-state index in [1.807, 2.05) is 17.2 Å². The molecule has 6 heteroatoms. The third-order valence-corrected chi connectivity index (χ3v) is 6.15. The summed E-state index contributed by atoms with van der Waals surface area (Å²) in [5.74, 6) is 2.96. The Balaban J connectivity index is 1.26. The van der Waals surface area contributed by atoms with Crippen molar-refractivity contribution in [2.45, 2.75) is 38.2 Å². The van der Waals surface area contributed by atoms with Crippen molar-refractivity contribution in [2.75, 3.05) is 37.7 Å². The Morgan fingerprint density at radius 1 is 1.20 bits per heavy atom. The minimum absolute atomic E-state index is 0.125. The first-order chi connectivity index (χ1) is 12.3. The molecule has 1 amide bonds. The lowest BCUT2D eigenvalue weighted by atomic mass is 10.1. The Labute approximate surface area is 148 Å². The number of rotatable bonds is 4. The highest BCUT2D eigenvalue weighted by Crippen LogP contribution is 2.55. The third-order valence-electron chi connectivity index (χ3n) is 6.15. The fourth-order valence-corrected chi connectivity index (χ4v) is 4.42. The molecule has 0 spiro atoms. The number of morpholine rings is 1. The van der Waals surface area contributed by atoms with Crippen LogP contribution in [-0.4, -0.2) is 53.6 Å². The average Bonchev–Trinajstić information content (AvgIpc) is 3.58. The van der Waals surface area contributed by atoms with Crippen molar-refractivity contribution in [3.05, 3.63) is 18.0 Å². The van der Waals surface area contributed by atoms with E-state index in [9.17, 15) is 4.79 Å². The molecule has 0 unspecified atom stereocenters. The standard InChI is InChI=1S/C19H26N4O2/c24-18(15-11-14(15)13-3-4-13)23-9-10-25-17(12-23)16-5-6-20-19(21-16)22-7-1-2-8-22/h5-6,13-15,17H,1-4,7-12H2/t14-,15-,17+/m1/s1. The highest BCUT2D eigenvalue weighted by atomic mass is 16.5. The lowest BCUT2D eigenvalue weighted by molar-refractivity contribution is -0.141. The zero-order valence-corrected chi connectivity index (χ0v) is 14.6. The van der Waals surface area contributed by atoms with Crippen molar-refractivity contribution >= 4 is 11.9 Å². The molecule has 3 atom stereocenters. The molecule has 2 saturated heterocycles. The largest absolute Gasteiger partial charge is 0.368 e. The average molecular weight is 342 g/mol. The molecule has 1 aromatic heterocycles. The number of ether oxygens (including phenoxy) is 1. The predicted molar refractivity (Wildman–Crippen MR) is 93.1 cm³/mol. The number of anilines is 1. The van der Waals surface area contributed by atoms with Crippen LogP contribution in [0.15, 0.2) is 12.3 Å². The second-order valence-electron chi connectivity index (χ2n) is 7.96. The van der Waals surface area contributed by atoms with Gasteiger partial charge in [-0.05, 0) is 50.0 Å². The van der Waals surface area contributed by atoms with E-state index in [0.29, 0.717) is 31.5 Å². The lowest BCUT2D eigenvalue weighted by Gasteiger charge is -2.33. The van der Waals surface area contributed by atoms with Gasteiger partial charge >= 0.3 is 0 Å². The van der Waals surface area contributed by atoms with Gasteiger partial charge in [-0.25, -0.2) is 9.97 Å². The Kier molecular flexibility index (Phi) is 3.88. The third kappa shape index (κ3) is 3.12. The summed E-state index contributed by atoms with van der Waals surface area (Å²) in [6, 6.07) is 1.93. The topological polar surface area (TPSA) is 58.6 Å². The summed E-state index contributed by atoms with van der Waals surface area (Å²) in [5.41, 5.74) is 0.906. The summed E-state index contributed by atoms with van der Waals surface area (Å²) < 4.78 is 5.95. The van der Waals surface area contributed by atoms with Crippen LogP contribution < -0.4 is 4.90 Å². The monoisotopic (exact) mass is 342 g/mol. The van der Waals surface area contributed by atoms with Crippen LogP contribution in [0.3, 0.4) is 0 Å². The number of nitrogens with zero attached hydrogens (tertiary/aromatic N) is 4. The highest BCUT2D eigenvalue weighted by molar-refractivity contribution is 5.82. The molecule has 6 nitrogen and oxygen atoms in total. The summed E-state index contributed by atoms with van der Waals surface area (Å²) in [6.45, 7) is 4.00. The van der Waals surface area contributed by atoms with Crippen molar-refractivity contribution in [1.82, 2.24) is 14.9 Å². The summed E-state index contributed by atoms with van der Waals surface area (Å²) in [7, 11) is 0. The minimum atomic E-state index is -0.125.